The van der Waals surface area contributed by atoms with Gasteiger partial charge >= 0.3 is 5.97 Å². The number of aromatic nitrogens is 2. The van der Waals surface area contributed by atoms with Crippen molar-refractivity contribution in [2.75, 3.05) is 37.3 Å². The molecule has 4 rings (SSSR count). The number of benzene rings is 2. The minimum atomic E-state index is -4.03. The summed E-state index contributed by atoms with van der Waals surface area (Å²) in [6.07, 6.45) is 1.78. The fourth-order valence-corrected chi connectivity index (χ4v) is 5.94. The van der Waals surface area contributed by atoms with Gasteiger partial charge in [-0.15, -0.1) is 12.4 Å². The maximum absolute atomic E-state index is 13.8. The number of sulfonamides is 1. The van der Waals surface area contributed by atoms with Crippen LogP contribution in [0.1, 0.15) is 43.6 Å². The number of carbonyl (C=O) groups excluding carboxylic acids is 2. The number of amidine groups is 1. The van der Waals surface area contributed by atoms with Crippen LogP contribution in [0.15, 0.2) is 42.5 Å². The molecule has 2 heterocycles. The number of amides is 1. The van der Waals surface area contributed by atoms with Crippen molar-refractivity contribution < 1.29 is 22.7 Å². The first kappa shape index (κ1) is 32.8. The van der Waals surface area contributed by atoms with Crippen LogP contribution in [0.5, 0.6) is 0 Å². The molecule has 1 atom stereocenters. The van der Waals surface area contributed by atoms with Crippen LogP contribution in [0.4, 0.5) is 5.69 Å². The molecule has 1 fully saturated rings. The molecule has 1 aliphatic heterocycles. The number of ether oxygens (including phenoxy) is 1. The van der Waals surface area contributed by atoms with Gasteiger partial charge in [0.15, 0.2) is 5.75 Å². The Morgan fingerprint density at radius 1 is 1.14 bits per heavy atom. The fourth-order valence-electron chi connectivity index (χ4n) is 4.93. The van der Waals surface area contributed by atoms with Crippen LogP contribution in [-0.4, -0.2) is 72.6 Å². The van der Waals surface area contributed by atoms with Crippen LogP contribution in [-0.2, 0) is 43.4 Å². The molecule has 1 aromatic heterocycles. The molecule has 42 heavy (non-hydrogen) atoms. The summed E-state index contributed by atoms with van der Waals surface area (Å²) >= 11 is 0. The van der Waals surface area contributed by atoms with E-state index in [0.717, 1.165) is 29.9 Å². The number of imidazole rings is 1. The van der Waals surface area contributed by atoms with Gasteiger partial charge in [-0.25, -0.2) is 18.1 Å². The highest BCUT2D eigenvalue weighted by molar-refractivity contribution is 7.90. The number of halogens is 1. The van der Waals surface area contributed by atoms with Gasteiger partial charge in [-0.1, -0.05) is 6.07 Å². The molecule has 0 aliphatic carbocycles. The zero-order valence-electron chi connectivity index (χ0n) is 24.0. The van der Waals surface area contributed by atoms with Crippen LogP contribution >= 0.6 is 12.4 Å². The van der Waals surface area contributed by atoms with Gasteiger partial charge in [0, 0.05) is 37.9 Å². The van der Waals surface area contributed by atoms with E-state index >= 15 is 0 Å². The van der Waals surface area contributed by atoms with Crippen LogP contribution in [0, 0.1) is 5.41 Å². The maximum Gasteiger partial charge on any atom is 0.322 e. The molecule has 5 N–H and O–H groups in total. The van der Waals surface area contributed by atoms with Gasteiger partial charge in [0.05, 0.1) is 29.6 Å². The van der Waals surface area contributed by atoms with Crippen molar-refractivity contribution >= 4 is 56.9 Å². The molecule has 0 spiro atoms. The SMILES string of the molecule is CCOC(=O)CS(=O)(=O)NCC(C)(C(=O)N1CCCC1)c1ccc2c(c1)nc(CNc1ccc(C(=N)N)cc1)n2C.Cl. The van der Waals surface area contributed by atoms with Gasteiger partial charge in [0.2, 0.25) is 15.9 Å². The molecule has 12 nitrogen and oxygen atoms in total. The van der Waals surface area contributed by atoms with Gasteiger partial charge in [0.25, 0.3) is 0 Å². The minimum absolute atomic E-state index is 0. The van der Waals surface area contributed by atoms with E-state index in [1.807, 2.05) is 41.9 Å². The number of rotatable bonds is 12. The number of hydrogen-bond donors (Lipinski definition) is 4. The number of hydrogen-bond acceptors (Lipinski definition) is 8. The standard InChI is InChI=1S/C28H37N7O5S.ClH/c1-4-40-25(36)17-41(38,39)32-18-28(2,27(37)35-13-5-6-14-35)20-9-12-23-22(15-20)33-24(34(23)3)16-31-21-10-7-19(8-11-21)26(29)30;/h7-12,15,31-32H,4-6,13-14,16-18H2,1-3H3,(H3,29,30);1H. The first-order valence-electron chi connectivity index (χ1n) is 13.5. The highest BCUT2D eigenvalue weighted by Crippen LogP contribution is 2.31. The van der Waals surface area contributed by atoms with E-state index in [-0.39, 0.29) is 37.3 Å². The quantitative estimate of drug-likeness (QED) is 0.136. The Kier molecular flexibility index (Phi) is 10.6. The summed E-state index contributed by atoms with van der Waals surface area (Å²) < 4.78 is 34.5. The largest absolute Gasteiger partial charge is 0.465 e. The van der Waals surface area contributed by atoms with Crippen LogP contribution in [0.25, 0.3) is 11.0 Å². The lowest BCUT2D eigenvalue weighted by atomic mass is 9.81. The number of nitrogens with two attached hydrogens (primary N) is 1. The second kappa shape index (κ2) is 13.5. The van der Waals surface area contributed by atoms with Crippen molar-refractivity contribution in [1.82, 2.24) is 19.2 Å². The summed E-state index contributed by atoms with van der Waals surface area (Å²) in [5.41, 5.74) is 7.94. The van der Waals surface area contributed by atoms with Gasteiger partial charge in [0.1, 0.15) is 11.7 Å². The summed E-state index contributed by atoms with van der Waals surface area (Å²) in [6, 6.07) is 12.8. The van der Waals surface area contributed by atoms with E-state index in [1.165, 1.54) is 0 Å². The number of anilines is 1. The molecule has 0 saturated carbocycles. The normalized spacial score (nSPS) is 14.7. The number of nitrogens with one attached hydrogen (secondary N) is 3. The van der Waals surface area contributed by atoms with Crippen molar-refractivity contribution in [2.24, 2.45) is 12.8 Å². The third-order valence-electron chi connectivity index (χ3n) is 7.38. The Labute approximate surface area is 252 Å². The molecule has 228 valence electrons. The summed E-state index contributed by atoms with van der Waals surface area (Å²) in [6.45, 7) is 4.83. The lowest BCUT2D eigenvalue weighted by molar-refractivity contribution is -0.140. The number of likely N-dealkylation sites (tertiary alicyclic amines) is 1. The molecule has 0 radical (unpaired) electrons. The average molecular weight is 620 g/mol. The van der Waals surface area contributed by atoms with Crippen molar-refractivity contribution in [3.63, 3.8) is 0 Å². The predicted molar refractivity (Wildman–Crippen MR) is 164 cm³/mol. The Balaban J connectivity index is 0.00000484. The van der Waals surface area contributed by atoms with E-state index in [1.54, 1.807) is 30.9 Å². The van der Waals surface area contributed by atoms with Crippen LogP contribution in [0.2, 0.25) is 0 Å². The highest BCUT2D eigenvalue weighted by Gasteiger charge is 2.40. The highest BCUT2D eigenvalue weighted by atomic mass is 35.5. The summed E-state index contributed by atoms with van der Waals surface area (Å²) in [4.78, 5) is 32.2. The molecule has 0 bridgehead atoms. The number of nitrogen functional groups attached to an aromatic ring is 1. The van der Waals surface area contributed by atoms with E-state index in [0.29, 0.717) is 36.3 Å². The summed E-state index contributed by atoms with van der Waals surface area (Å²) in [7, 11) is -2.12. The average Bonchev–Trinajstić information content (AvgIpc) is 3.58. The Morgan fingerprint density at radius 3 is 2.43 bits per heavy atom. The van der Waals surface area contributed by atoms with E-state index in [2.05, 4.69) is 10.0 Å². The lowest BCUT2D eigenvalue weighted by Crippen LogP contribution is -2.51. The number of carbonyl (C=O) groups is 2. The van der Waals surface area contributed by atoms with Gasteiger partial charge in [-0.05, 0) is 68.7 Å². The summed E-state index contributed by atoms with van der Waals surface area (Å²) in [5.74, 6) is -1.08. The van der Waals surface area contributed by atoms with E-state index in [9.17, 15) is 18.0 Å². The Morgan fingerprint density at radius 2 is 1.81 bits per heavy atom. The summed E-state index contributed by atoms with van der Waals surface area (Å²) in [5, 5.41) is 10.9. The van der Waals surface area contributed by atoms with E-state index in [4.69, 9.17) is 20.9 Å². The van der Waals surface area contributed by atoms with Crippen molar-refractivity contribution in [1.29, 1.82) is 5.41 Å². The Hall–Kier alpha value is -3.68. The lowest BCUT2D eigenvalue weighted by Gasteiger charge is -2.33. The molecule has 1 unspecified atom stereocenters. The minimum Gasteiger partial charge on any atom is -0.465 e. The molecule has 14 heteroatoms. The first-order chi connectivity index (χ1) is 19.4. The number of fused-ring (bicyclic) bond motifs is 1. The molecular weight excluding hydrogens is 582 g/mol. The molecule has 1 amide bonds. The van der Waals surface area contributed by atoms with Crippen molar-refractivity contribution in [2.45, 2.75) is 38.6 Å². The third kappa shape index (κ3) is 7.39. The molecule has 3 aromatic rings. The molecule has 2 aromatic carbocycles. The Bertz CT molecular complexity index is 1550. The molecular formula is C28H38ClN7O5S. The molecule has 1 aliphatic rings. The molecule has 1 saturated heterocycles. The number of nitrogens with zero attached hydrogens (tertiary/aromatic N) is 3. The zero-order valence-corrected chi connectivity index (χ0v) is 25.6. The van der Waals surface area contributed by atoms with Gasteiger partial charge in [-0.2, -0.15) is 0 Å². The predicted octanol–water partition coefficient (Wildman–Crippen LogP) is 2.25. The zero-order chi connectivity index (χ0) is 29.8. The fraction of sp³-hybridized carbons (Fsp3) is 0.429. The monoisotopic (exact) mass is 619 g/mol. The second-order valence-corrected chi connectivity index (χ2v) is 12.2. The van der Waals surface area contributed by atoms with Crippen molar-refractivity contribution in [3.05, 3.63) is 59.4 Å². The second-order valence-electron chi connectivity index (χ2n) is 10.4. The number of aryl methyl sites for hydroxylation is 1. The van der Waals surface area contributed by atoms with Gasteiger partial charge in [-0.3, -0.25) is 15.0 Å². The number of esters is 1. The van der Waals surface area contributed by atoms with Crippen molar-refractivity contribution in [3.8, 4) is 0 Å². The topological polar surface area (TPSA) is 172 Å². The smallest absolute Gasteiger partial charge is 0.322 e. The van der Waals surface area contributed by atoms with E-state index < -0.39 is 27.2 Å². The van der Waals surface area contributed by atoms with Gasteiger partial charge < -0.3 is 25.3 Å². The van der Waals surface area contributed by atoms with Crippen LogP contribution in [0.3, 0.4) is 0 Å². The maximum atomic E-state index is 13.8. The third-order valence-corrected chi connectivity index (χ3v) is 8.58. The first-order valence-corrected chi connectivity index (χ1v) is 15.2. The van der Waals surface area contributed by atoms with Crippen LogP contribution < -0.4 is 15.8 Å².